The highest BCUT2D eigenvalue weighted by Gasteiger charge is 2.13. The number of rotatable bonds is 5. The van der Waals surface area contributed by atoms with Crippen LogP contribution >= 0.6 is 0 Å². The lowest BCUT2D eigenvalue weighted by molar-refractivity contribution is 0.541. The minimum absolute atomic E-state index is 0.193. The van der Waals surface area contributed by atoms with Crippen molar-refractivity contribution in [2.45, 2.75) is 20.0 Å². The number of imidazole rings is 1. The smallest absolute Gasteiger partial charge is 0.329 e. The summed E-state index contributed by atoms with van der Waals surface area (Å²) < 4.78 is 31.9. The molecule has 2 aromatic heterocycles. The second-order valence-corrected chi connectivity index (χ2v) is 6.73. The van der Waals surface area contributed by atoms with E-state index in [0.717, 1.165) is 28.1 Å². The van der Waals surface area contributed by atoms with Crippen molar-refractivity contribution in [2.75, 3.05) is 0 Å². The zero-order valence-corrected chi connectivity index (χ0v) is 16.0. The summed E-state index contributed by atoms with van der Waals surface area (Å²) in [5.41, 5.74) is 1.13. The lowest BCUT2D eigenvalue weighted by Gasteiger charge is -2.06. The number of aromatic nitrogens is 5. The first-order valence-corrected chi connectivity index (χ1v) is 9.07. The van der Waals surface area contributed by atoms with Crippen LogP contribution in [0.2, 0.25) is 0 Å². The Morgan fingerprint density at radius 1 is 1.03 bits per heavy atom. The summed E-state index contributed by atoms with van der Waals surface area (Å²) in [6.45, 7) is 2.09. The molecule has 150 valence electrons. The highest BCUT2D eigenvalue weighted by atomic mass is 19.1. The van der Waals surface area contributed by atoms with Crippen LogP contribution in [0.3, 0.4) is 0 Å². The molecule has 0 aliphatic carbocycles. The Bertz CT molecular complexity index is 1290. The first-order chi connectivity index (χ1) is 14.5. The van der Waals surface area contributed by atoms with E-state index in [1.54, 1.807) is 18.3 Å². The van der Waals surface area contributed by atoms with Gasteiger partial charge in [-0.3, -0.25) is 4.57 Å². The minimum Gasteiger partial charge on any atom is -0.329 e. The van der Waals surface area contributed by atoms with Gasteiger partial charge in [0.05, 0.1) is 12.2 Å². The summed E-state index contributed by atoms with van der Waals surface area (Å²) >= 11 is 0. The van der Waals surface area contributed by atoms with E-state index < -0.39 is 17.3 Å². The molecule has 0 atom stereocenters. The number of halogens is 2. The largest absolute Gasteiger partial charge is 0.350 e. The van der Waals surface area contributed by atoms with Crippen LogP contribution in [0.4, 0.5) is 8.78 Å². The molecule has 0 fully saturated rings. The van der Waals surface area contributed by atoms with Crippen LogP contribution in [-0.2, 0) is 13.1 Å². The molecule has 2 aromatic carbocycles. The molecule has 30 heavy (non-hydrogen) atoms. The molecular formula is C21H16F2N6O. The van der Waals surface area contributed by atoms with Crippen molar-refractivity contribution in [2.24, 2.45) is 0 Å². The first-order valence-electron chi connectivity index (χ1n) is 9.07. The molecule has 0 aliphatic heterocycles. The second kappa shape index (κ2) is 7.75. The Labute approximate surface area is 170 Å². The zero-order valence-electron chi connectivity index (χ0n) is 16.0. The zero-order chi connectivity index (χ0) is 21.3. The summed E-state index contributed by atoms with van der Waals surface area (Å²) in [4.78, 5) is 16.8. The van der Waals surface area contributed by atoms with Crippen LogP contribution in [0.5, 0.6) is 0 Å². The normalized spacial score (nSPS) is 10.9. The van der Waals surface area contributed by atoms with E-state index in [2.05, 4.69) is 10.1 Å². The van der Waals surface area contributed by atoms with E-state index in [4.69, 9.17) is 5.26 Å². The average molecular weight is 406 g/mol. The Morgan fingerprint density at radius 3 is 2.37 bits per heavy atom. The van der Waals surface area contributed by atoms with Gasteiger partial charge in [0.25, 0.3) is 0 Å². The Hall–Kier alpha value is -4.06. The third-order valence-electron chi connectivity index (χ3n) is 4.75. The summed E-state index contributed by atoms with van der Waals surface area (Å²) in [5, 5.41) is 13.0. The predicted molar refractivity (Wildman–Crippen MR) is 104 cm³/mol. The van der Waals surface area contributed by atoms with Crippen LogP contribution in [-0.4, -0.2) is 23.9 Å². The highest BCUT2D eigenvalue weighted by Crippen LogP contribution is 2.14. The molecule has 4 rings (SSSR count). The van der Waals surface area contributed by atoms with Gasteiger partial charge in [-0.2, -0.15) is 15.0 Å². The maximum Gasteiger partial charge on any atom is 0.350 e. The van der Waals surface area contributed by atoms with E-state index in [1.165, 1.54) is 17.1 Å². The molecule has 0 saturated carbocycles. The SMILES string of the molecule is Cc1nc(C#N)cn1Cc1ccc(-n2ncn(Cc3c(F)cccc3F)c2=O)cc1. The molecule has 7 nitrogen and oxygen atoms in total. The van der Waals surface area contributed by atoms with Gasteiger partial charge in [0.2, 0.25) is 0 Å². The molecular weight excluding hydrogens is 390 g/mol. The fourth-order valence-corrected chi connectivity index (χ4v) is 3.14. The van der Waals surface area contributed by atoms with Gasteiger partial charge in [-0.25, -0.2) is 18.6 Å². The van der Waals surface area contributed by atoms with Crippen LogP contribution < -0.4 is 5.69 Å². The van der Waals surface area contributed by atoms with E-state index in [9.17, 15) is 13.6 Å². The number of hydrogen-bond donors (Lipinski definition) is 0. The number of aryl methyl sites for hydroxylation is 1. The Balaban J connectivity index is 1.56. The fraction of sp³-hybridized carbons (Fsp3) is 0.143. The monoisotopic (exact) mass is 406 g/mol. The summed E-state index contributed by atoms with van der Waals surface area (Å²) in [6, 6.07) is 12.7. The number of nitrogens with zero attached hydrogens (tertiary/aromatic N) is 6. The number of nitriles is 1. The van der Waals surface area contributed by atoms with Crippen molar-refractivity contribution >= 4 is 0 Å². The van der Waals surface area contributed by atoms with Crippen molar-refractivity contribution in [3.05, 3.63) is 99.8 Å². The molecule has 0 saturated heterocycles. The van der Waals surface area contributed by atoms with E-state index in [0.29, 0.717) is 17.9 Å². The topological polar surface area (TPSA) is 81.4 Å². The molecule has 0 N–H and O–H groups in total. The van der Waals surface area contributed by atoms with Gasteiger partial charge < -0.3 is 4.57 Å². The third kappa shape index (κ3) is 3.63. The van der Waals surface area contributed by atoms with Crippen LogP contribution in [0.25, 0.3) is 5.69 Å². The Morgan fingerprint density at radius 2 is 1.73 bits per heavy atom. The molecule has 0 bridgehead atoms. The van der Waals surface area contributed by atoms with Crippen molar-refractivity contribution in [3.63, 3.8) is 0 Å². The summed E-state index contributed by atoms with van der Waals surface area (Å²) in [7, 11) is 0. The highest BCUT2D eigenvalue weighted by molar-refractivity contribution is 5.34. The van der Waals surface area contributed by atoms with Crippen LogP contribution in [0.15, 0.2) is 59.8 Å². The van der Waals surface area contributed by atoms with Crippen molar-refractivity contribution in [1.29, 1.82) is 5.26 Å². The molecule has 2 heterocycles. The minimum atomic E-state index is -0.714. The standard InChI is InChI=1S/C21H16F2N6O/c1-14-26-16(9-24)11-27(14)10-15-5-7-17(8-6-15)29-21(30)28(13-25-29)12-18-19(22)3-2-4-20(18)23/h2-8,11,13H,10,12H2,1H3. The number of hydrogen-bond acceptors (Lipinski definition) is 4. The molecule has 0 amide bonds. The number of benzene rings is 2. The van der Waals surface area contributed by atoms with Crippen molar-refractivity contribution in [1.82, 2.24) is 23.9 Å². The third-order valence-corrected chi connectivity index (χ3v) is 4.75. The molecule has 0 unspecified atom stereocenters. The summed E-state index contributed by atoms with van der Waals surface area (Å²) in [5.74, 6) is -0.701. The molecule has 0 radical (unpaired) electrons. The lowest BCUT2D eigenvalue weighted by atomic mass is 10.2. The van der Waals surface area contributed by atoms with Crippen molar-refractivity contribution < 1.29 is 8.78 Å². The van der Waals surface area contributed by atoms with Gasteiger partial charge in [0, 0.05) is 18.3 Å². The maximum atomic E-state index is 13.9. The average Bonchev–Trinajstić information content (AvgIpc) is 3.28. The molecule has 4 aromatic rings. The molecule has 9 heteroatoms. The van der Waals surface area contributed by atoms with Crippen LogP contribution in [0, 0.1) is 29.9 Å². The summed E-state index contributed by atoms with van der Waals surface area (Å²) in [6.07, 6.45) is 2.93. The van der Waals surface area contributed by atoms with Crippen molar-refractivity contribution in [3.8, 4) is 11.8 Å². The molecule has 0 aliphatic rings. The van der Waals surface area contributed by atoms with Gasteiger partial charge in [0.1, 0.15) is 29.9 Å². The van der Waals surface area contributed by atoms with Crippen LogP contribution in [0.1, 0.15) is 22.6 Å². The van der Waals surface area contributed by atoms with E-state index >= 15 is 0 Å². The quantitative estimate of drug-likeness (QED) is 0.510. The van der Waals surface area contributed by atoms with E-state index in [-0.39, 0.29) is 12.1 Å². The first kappa shape index (κ1) is 19.3. The second-order valence-electron chi connectivity index (χ2n) is 6.73. The van der Waals surface area contributed by atoms with Gasteiger partial charge >= 0.3 is 5.69 Å². The van der Waals surface area contributed by atoms with Gasteiger partial charge in [-0.05, 0) is 36.8 Å². The van der Waals surface area contributed by atoms with Gasteiger partial charge in [-0.15, -0.1) is 0 Å². The predicted octanol–water partition coefficient (Wildman–Crippen LogP) is 2.79. The van der Waals surface area contributed by atoms with Gasteiger partial charge in [-0.1, -0.05) is 18.2 Å². The fourth-order valence-electron chi connectivity index (χ4n) is 3.14. The maximum absolute atomic E-state index is 13.9. The Kier molecular flexibility index (Phi) is 4.98. The van der Waals surface area contributed by atoms with E-state index in [1.807, 2.05) is 29.7 Å². The molecule has 0 spiro atoms. The lowest BCUT2D eigenvalue weighted by Crippen LogP contribution is -2.24. The van der Waals surface area contributed by atoms with Gasteiger partial charge in [0.15, 0.2) is 5.69 Å².